The zero-order valence-corrected chi connectivity index (χ0v) is 9.69. The summed E-state index contributed by atoms with van der Waals surface area (Å²) in [6.07, 6.45) is 2.24. The van der Waals surface area contributed by atoms with Gasteiger partial charge in [0.25, 0.3) is 0 Å². The summed E-state index contributed by atoms with van der Waals surface area (Å²) in [4.78, 5) is 13.4. The number of nitrogens with zero attached hydrogens (tertiary/aromatic N) is 1. The van der Waals surface area contributed by atoms with E-state index >= 15 is 0 Å². The van der Waals surface area contributed by atoms with Gasteiger partial charge in [0, 0.05) is 25.0 Å². The van der Waals surface area contributed by atoms with E-state index in [0.717, 1.165) is 12.8 Å². The van der Waals surface area contributed by atoms with Gasteiger partial charge in [0.15, 0.2) is 0 Å². The second-order valence-electron chi connectivity index (χ2n) is 4.79. The summed E-state index contributed by atoms with van der Waals surface area (Å²) in [5.74, 6) is 0.104. The van der Waals surface area contributed by atoms with E-state index in [1.54, 1.807) is 11.8 Å². The molecule has 1 saturated carbocycles. The lowest BCUT2D eigenvalue weighted by molar-refractivity contribution is -0.114. The third-order valence-corrected chi connectivity index (χ3v) is 3.91. The Morgan fingerprint density at radius 3 is 2.88 bits per heavy atom. The summed E-state index contributed by atoms with van der Waals surface area (Å²) < 4.78 is 5.01. The number of piperidine rings is 2. The number of rotatable bonds is 2. The molecule has 2 heterocycles. The van der Waals surface area contributed by atoms with E-state index in [0.29, 0.717) is 19.6 Å². The summed E-state index contributed by atoms with van der Waals surface area (Å²) >= 11 is 0. The fraction of sp³-hybridized carbons (Fsp3) is 0.909. The van der Waals surface area contributed by atoms with Crippen molar-refractivity contribution in [3.8, 4) is 0 Å². The van der Waals surface area contributed by atoms with Gasteiger partial charge in [0.1, 0.15) is 0 Å². The van der Waals surface area contributed by atoms with Crippen molar-refractivity contribution in [2.24, 2.45) is 11.7 Å². The first-order valence-corrected chi connectivity index (χ1v) is 5.96. The first kappa shape index (κ1) is 11.7. The van der Waals surface area contributed by atoms with Gasteiger partial charge in [-0.25, -0.2) is 4.79 Å². The Kier molecular flexibility index (Phi) is 3.08. The van der Waals surface area contributed by atoms with Crippen LogP contribution in [0.5, 0.6) is 0 Å². The number of ether oxygens (including phenoxy) is 1. The molecule has 16 heavy (non-hydrogen) atoms. The van der Waals surface area contributed by atoms with E-state index in [4.69, 9.17) is 10.5 Å². The van der Waals surface area contributed by atoms with Crippen LogP contribution in [0.4, 0.5) is 4.79 Å². The lowest BCUT2D eigenvalue weighted by Crippen LogP contribution is -2.64. The van der Waals surface area contributed by atoms with E-state index in [9.17, 15) is 9.90 Å². The lowest BCUT2D eigenvalue weighted by atomic mass is 9.69. The van der Waals surface area contributed by atoms with Gasteiger partial charge in [-0.2, -0.15) is 0 Å². The van der Waals surface area contributed by atoms with E-state index < -0.39 is 5.60 Å². The third kappa shape index (κ3) is 1.78. The summed E-state index contributed by atoms with van der Waals surface area (Å²) in [6, 6.07) is 0.0950. The third-order valence-electron chi connectivity index (χ3n) is 3.91. The lowest BCUT2D eigenvalue weighted by Gasteiger charge is -2.52. The second-order valence-corrected chi connectivity index (χ2v) is 4.79. The number of carbonyl (C=O) groups excluding carboxylic acids is 1. The topological polar surface area (TPSA) is 75.8 Å². The van der Waals surface area contributed by atoms with Crippen molar-refractivity contribution in [1.29, 1.82) is 0 Å². The molecule has 0 aromatic heterocycles. The van der Waals surface area contributed by atoms with Crippen LogP contribution >= 0.6 is 0 Å². The molecular weight excluding hydrogens is 208 g/mol. The molecule has 2 saturated heterocycles. The smallest absolute Gasteiger partial charge is 0.410 e. The Hall–Kier alpha value is -0.810. The molecule has 3 aliphatic rings. The molecule has 0 aromatic rings. The molecule has 2 aliphatic heterocycles. The number of hydrogen-bond acceptors (Lipinski definition) is 4. The average Bonchev–Trinajstić information content (AvgIpc) is 2.30. The van der Waals surface area contributed by atoms with Crippen LogP contribution in [0.25, 0.3) is 0 Å². The summed E-state index contributed by atoms with van der Waals surface area (Å²) in [5, 5.41) is 10.3. The van der Waals surface area contributed by atoms with Crippen LogP contribution in [0.1, 0.15) is 26.2 Å². The Balaban J connectivity index is 2.06. The molecule has 5 nitrogen and oxygen atoms in total. The molecule has 3 N–H and O–H groups in total. The maximum atomic E-state index is 11.7. The molecule has 0 aromatic carbocycles. The van der Waals surface area contributed by atoms with Gasteiger partial charge in [-0.05, 0) is 26.2 Å². The monoisotopic (exact) mass is 228 g/mol. The van der Waals surface area contributed by atoms with Gasteiger partial charge < -0.3 is 20.5 Å². The number of amides is 1. The molecular formula is C11H20N2O3. The predicted molar refractivity (Wildman–Crippen MR) is 58.9 cm³/mol. The average molecular weight is 228 g/mol. The summed E-state index contributed by atoms with van der Waals surface area (Å²) in [7, 11) is 0. The van der Waals surface area contributed by atoms with E-state index in [1.165, 1.54) is 0 Å². The second kappa shape index (κ2) is 4.22. The maximum absolute atomic E-state index is 11.7. The minimum Gasteiger partial charge on any atom is -0.450 e. The predicted octanol–water partition coefficient (Wildman–Crippen LogP) is 0.317. The first-order valence-electron chi connectivity index (χ1n) is 5.96. The molecule has 3 atom stereocenters. The summed E-state index contributed by atoms with van der Waals surface area (Å²) in [6.45, 7) is 3.06. The quantitative estimate of drug-likeness (QED) is 0.713. The largest absolute Gasteiger partial charge is 0.450 e. The Bertz CT molecular complexity index is 284. The van der Waals surface area contributed by atoms with Gasteiger partial charge in [-0.15, -0.1) is 0 Å². The highest BCUT2D eigenvalue weighted by molar-refractivity contribution is 5.68. The van der Waals surface area contributed by atoms with Crippen molar-refractivity contribution in [2.75, 3.05) is 19.7 Å². The van der Waals surface area contributed by atoms with Crippen LogP contribution in [0.3, 0.4) is 0 Å². The van der Waals surface area contributed by atoms with Gasteiger partial charge >= 0.3 is 6.09 Å². The number of aliphatic hydroxyl groups is 1. The van der Waals surface area contributed by atoms with Crippen molar-refractivity contribution >= 4 is 6.09 Å². The zero-order chi connectivity index (χ0) is 11.8. The molecule has 0 spiro atoms. The molecule has 5 heteroatoms. The van der Waals surface area contributed by atoms with Crippen LogP contribution in [0.2, 0.25) is 0 Å². The Labute approximate surface area is 95.5 Å². The van der Waals surface area contributed by atoms with Crippen LogP contribution in [-0.4, -0.2) is 47.4 Å². The fourth-order valence-electron chi connectivity index (χ4n) is 2.93. The summed E-state index contributed by atoms with van der Waals surface area (Å²) in [5.41, 5.74) is 4.85. The number of fused-ring (bicyclic) bond motifs is 3. The highest BCUT2D eigenvalue weighted by Crippen LogP contribution is 2.41. The van der Waals surface area contributed by atoms with E-state index in [1.807, 2.05) is 0 Å². The highest BCUT2D eigenvalue weighted by atomic mass is 16.6. The van der Waals surface area contributed by atoms with Crippen molar-refractivity contribution in [1.82, 2.24) is 4.90 Å². The van der Waals surface area contributed by atoms with Gasteiger partial charge in [-0.1, -0.05) is 0 Å². The van der Waals surface area contributed by atoms with Crippen molar-refractivity contribution < 1.29 is 14.6 Å². The van der Waals surface area contributed by atoms with Crippen LogP contribution in [0.15, 0.2) is 0 Å². The number of nitrogens with two attached hydrogens (primary N) is 1. The van der Waals surface area contributed by atoms with Crippen molar-refractivity contribution in [3.05, 3.63) is 0 Å². The van der Waals surface area contributed by atoms with Crippen molar-refractivity contribution in [3.63, 3.8) is 0 Å². The molecule has 92 valence electrons. The van der Waals surface area contributed by atoms with Crippen molar-refractivity contribution in [2.45, 2.75) is 37.8 Å². The van der Waals surface area contributed by atoms with Crippen LogP contribution in [-0.2, 0) is 4.74 Å². The number of carbonyl (C=O) groups is 1. The number of hydrogen-bond donors (Lipinski definition) is 2. The van der Waals surface area contributed by atoms with Gasteiger partial charge in [0.2, 0.25) is 0 Å². The van der Waals surface area contributed by atoms with Gasteiger partial charge in [0.05, 0.1) is 12.2 Å². The minimum absolute atomic E-state index is 0.0950. The van der Waals surface area contributed by atoms with E-state index in [2.05, 4.69) is 0 Å². The molecule has 0 radical (unpaired) electrons. The van der Waals surface area contributed by atoms with Gasteiger partial charge in [-0.3, -0.25) is 0 Å². The normalized spacial score (nSPS) is 37.6. The molecule has 2 bridgehead atoms. The maximum Gasteiger partial charge on any atom is 0.410 e. The molecule has 3 fully saturated rings. The van der Waals surface area contributed by atoms with E-state index in [-0.39, 0.29) is 24.6 Å². The van der Waals surface area contributed by atoms with Crippen LogP contribution in [0, 0.1) is 5.92 Å². The Morgan fingerprint density at radius 2 is 2.38 bits per heavy atom. The Morgan fingerprint density at radius 1 is 1.62 bits per heavy atom. The standard InChI is InChI=1S/C11H20N2O3/c1-2-16-10(14)13-6-8-3-4-9(13)5-11(8,15)7-12/h8-9,15H,2-7,12H2,1H3. The minimum atomic E-state index is -0.772. The molecule has 1 aliphatic carbocycles. The SMILES string of the molecule is CCOC(=O)N1CC2CCC1CC2(O)CN. The first-order chi connectivity index (χ1) is 7.60. The van der Waals surface area contributed by atoms with Crippen LogP contribution < -0.4 is 5.73 Å². The highest BCUT2D eigenvalue weighted by Gasteiger charge is 2.50. The zero-order valence-electron chi connectivity index (χ0n) is 9.69. The molecule has 3 unspecified atom stereocenters. The molecule has 3 rings (SSSR count). The fourth-order valence-corrected chi connectivity index (χ4v) is 2.93. The molecule has 1 amide bonds.